The SMILES string of the molecule is CN(C)c1ccccc1N(C)C(=O)Cn1nc(C(F)(F)F)c2c1CCC2. The zero-order valence-electron chi connectivity index (χ0n) is 15.0. The first-order valence-corrected chi connectivity index (χ1v) is 8.38. The molecule has 0 saturated heterocycles. The van der Waals surface area contributed by atoms with Crippen molar-refractivity contribution in [2.75, 3.05) is 30.9 Å². The summed E-state index contributed by atoms with van der Waals surface area (Å²) in [4.78, 5) is 16.1. The van der Waals surface area contributed by atoms with Gasteiger partial charge < -0.3 is 9.80 Å². The second kappa shape index (κ2) is 6.66. The fraction of sp³-hybridized carbons (Fsp3) is 0.444. The molecule has 1 aromatic carbocycles. The fourth-order valence-electron chi connectivity index (χ4n) is 3.36. The van der Waals surface area contributed by atoms with E-state index in [0.29, 0.717) is 30.6 Å². The van der Waals surface area contributed by atoms with Gasteiger partial charge in [0.25, 0.3) is 0 Å². The molecule has 2 aromatic rings. The van der Waals surface area contributed by atoms with Crippen molar-refractivity contribution in [3.05, 3.63) is 41.2 Å². The lowest BCUT2D eigenvalue weighted by molar-refractivity contribution is -0.142. The Kier molecular flexibility index (Phi) is 4.68. The third kappa shape index (κ3) is 3.27. The first-order valence-electron chi connectivity index (χ1n) is 8.38. The molecular weight excluding hydrogens is 345 g/mol. The second-order valence-electron chi connectivity index (χ2n) is 6.62. The number of hydrogen-bond acceptors (Lipinski definition) is 3. The Bertz CT molecular complexity index is 826. The van der Waals surface area contributed by atoms with Gasteiger partial charge in [-0.1, -0.05) is 12.1 Å². The van der Waals surface area contributed by atoms with E-state index in [1.54, 1.807) is 7.05 Å². The minimum atomic E-state index is -4.49. The average molecular weight is 366 g/mol. The Hall–Kier alpha value is -2.51. The van der Waals surface area contributed by atoms with Crippen molar-refractivity contribution in [2.24, 2.45) is 0 Å². The first kappa shape index (κ1) is 18.3. The highest BCUT2D eigenvalue weighted by atomic mass is 19.4. The zero-order chi connectivity index (χ0) is 19.1. The maximum absolute atomic E-state index is 13.2. The Morgan fingerprint density at radius 3 is 2.42 bits per heavy atom. The van der Waals surface area contributed by atoms with E-state index in [1.165, 1.54) is 9.58 Å². The zero-order valence-corrected chi connectivity index (χ0v) is 15.0. The molecule has 0 fully saturated rings. The summed E-state index contributed by atoms with van der Waals surface area (Å²) >= 11 is 0. The number of carbonyl (C=O) groups is 1. The van der Waals surface area contributed by atoms with E-state index in [9.17, 15) is 18.0 Å². The number of nitrogens with zero attached hydrogens (tertiary/aromatic N) is 4. The predicted molar refractivity (Wildman–Crippen MR) is 93.4 cm³/mol. The summed E-state index contributed by atoms with van der Waals surface area (Å²) in [6.45, 7) is -0.212. The highest BCUT2D eigenvalue weighted by Crippen LogP contribution is 2.36. The highest BCUT2D eigenvalue weighted by Gasteiger charge is 2.40. The number of likely N-dealkylation sites (N-methyl/N-ethyl adjacent to an activating group) is 1. The number of anilines is 2. The summed E-state index contributed by atoms with van der Waals surface area (Å²) in [5.41, 5.74) is 1.46. The largest absolute Gasteiger partial charge is 0.435 e. The Labute approximate surface area is 150 Å². The maximum atomic E-state index is 13.2. The quantitative estimate of drug-likeness (QED) is 0.835. The smallest absolute Gasteiger partial charge is 0.376 e. The van der Waals surface area contributed by atoms with Crippen LogP contribution in [0.4, 0.5) is 24.5 Å². The topological polar surface area (TPSA) is 41.4 Å². The number of halogens is 3. The number of para-hydroxylation sites is 2. The monoisotopic (exact) mass is 366 g/mol. The minimum absolute atomic E-state index is 0.212. The number of fused-ring (bicyclic) bond motifs is 1. The molecular formula is C18H21F3N4O. The van der Waals surface area contributed by atoms with Gasteiger partial charge in [-0.2, -0.15) is 18.3 Å². The summed E-state index contributed by atoms with van der Waals surface area (Å²) in [6.07, 6.45) is -2.96. The fourth-order valence-corrected chi connectivity index (χ4v) is 3.36. The number of rotatable bonds is 4. The lowest BCUT2D eigenvalue weighted by Crippen LogP contribution is -2.32. The van der Waals surface area contributed by atoms with Crippen molar-refractivity contribution in [1.29, 1.82) is 0 Å². The molecule has 26 heavy (non-hydrogen) atoms. The van der Waals surface area contributed by atoms with Crippen LogP contribution in [0.5, 0.6) is 0 Å². The highest BCUT2D eigenvalue weighted by molar-refractivity contribution is 5.96. The van der Waals surface area contributed by atoms with Crippen LogP contribution in [0, 0.1) is 0 Å². The van der Waals surface area contributed by atoms with Crippen LogP contribution in [0.2, 0.25) is 0 Å². The molecule has 0 unspecified atom stereocenters. The van der Waals surface area contributed by atoms with Crippen LogP contribution in [0.1, 0.15) is 23.4 Å². The van der Waals surface area contributed by atoms with Crippen LogP contribution in [-0.2, 0) is 30.4 Å². The number of aromatic nitrogens is 2. The van der Waals surface area contributed by atoms with Gasteiger partial charge in [0, 0.05) is 32.4 Å². The molecule has 0 atom stereocenters. The molecule has 0 bridgehead atoms. The minimum Gasteiger partial charge on any atom is -0.376 e. The van der Waals surface area contributed by atoms with E-state index in [-0.39, 0.29) is 18.0 Å². The van der Waals surface area contributed by atoms with Gasteiger partial charge in [-0.05, 0) is 31.4 Å². The van der Waals surface area contributed by atoms with Gasteiger partial charge in [0.1, 0.15) is 6.54 Å². The summed E-state index contributed by atoms with van der Waals surface area (Å²) in [5.74, 6) is -0.315. The van der Waals surface area contributed by atoms with Crippen molar-refractivity contribution in [2.45, 2.75) is 32.0 Å². The van der Waals surface area contributed by atoms with Crippen LogP contribution < -0.4 is 9.80 Å². The van der Waals surface area contributed by atoms with Gasteiger partial charge in [-0.25, -0.2) is 0 Å². The van der Waals surface area contributed by atoms with E-state index in [1.807, 2.05) is 43.3 Å². The van der Waals surface area contributed by atoms with E-state index >= 15 is 0 Å². The van der Waals surface area contributed by atoms with Crippen LogP contribution in [0.15, 0.2) is 24.3 Å². The molecule has 140 valence electrons. The third-order valence-electron chi connectivity index (χ3n) is 4.66. The third-order valence-corrected chi connectivity index (χ3v) is 4.66. The molecule has 0 saturated carbocycles. The van der Waals surface area contributed by atoms with E-state index in [2.05, 4.69) is 5.10 Å². The Morgan fingerprint density at radius 1 is 1.15 bits per heavy atom. The maximum Gasteiger partial charge on any atom is 0.435 e. The molecule has 5 nitrogen and oxygen atoms in total. The lowest BCUT2D eigenvalue weighted by atomic mass is 10.2. The molecule has 0 radical (unpaired) electrons. The molecule has 1 aliphatic carbocycles. The van der Waals surface area contributed by atoms with Gasteiger partial charge in [0.2, 0.25) is 5.91 Å². The normalized spacial score (nSPS) is 13.6. The molecule has 3 rings (SSSR count). The number of hydrogen-bond donors (Lipinski definition) is 0. The number of carbonyl (C=O) groups excluding carboxylic acids is 1. The van der Waals surface area contributed by atoms with Crippen molar-refractivity contribution < 1.29 is 18.0 Å². The van der Waals surface area contributed by atoms with Gasteiger partial charge in [0.05, 0.1) is 11.4 Å². The summed E-state index contributed by atoms with van der Waals surface area (Å²) in [6, 6.07) is 7.38. The van der Waals surface area contributed by atoms with E-state index in [4.69, 9.17) is 0 Å². The van der Waals surface area contributed by atoms with Crippen molar-refractivity contribution >= 4 is 17.3 Å². The van der Waals surface area contributed by atoms with Crippen LogP contribution in [0.25, 0.3) is 0 Å². The van der Waals surface area contributed by atoms with Gasteiger partial charge in [0.15, 0.2) is 5.69 Å². The summed E-state index contributed by atoms with van der Waals surface area (Å²) in [5, 5.41) is 3.71. The summed E-state index contributed by atoms with van der Waals surface area (Å²) in [7, 11) is 5.36. The van der Waals surface area contributed by atoms with Crippen LogP contribution >= 0.6 is 0 Å². The summed E-state index contributed by atoms with van der Waals surface area (Å²) < 4.78 is 40.8. The molecule has 1 amide bonds. The van der Waals surface area contributed by atoms with E-state index < -0.39 is 11.9 Å². The lowest BCUT2D eigenvalue weighted by Gasteiger charge is -2.24. The van der Waals surface area contributed by atoms with Crippen molar-refractivity contribution in [1.82, 2.24) is 9.78 Å². The first-order chi connectivity index (χ1) is 12.2. The average Bonchev–Trinajstić information content (AvgIpc) is 3.17. The Balaban J connectivity index is 1.88. The molecule has 1 aromatic heterocycles. The predicted octanol–water partition coefficient (Wildman–Crippen LogP) is 3.12. The van der Waals surface area contributed by atoms with E-state index in [0.717, 1.165) is 5.69 Å². The van der Waals surface area contributed by atoms with Crippen LogP contribution in [-0.4, -0.2) is 36.8 Å². The number of alkyl halides is 3. The Morgan fingerprint density at radius 2 is 1.81 bits per heavy atom. The van der Waals surface area contributed by atoms with Gasteiger partial charge in [-0.3, -0.25) is 9.48 Å². The second-order valence-corrected chi connectivity index (χ2v) is 6.62. The molecule has 0 aliphatic heterocycles. The molecule has 8 heteroatoms. The standard InChI is InChI=1S/C18H21F3N4O/c1-23(2)14-8-4-5-9-15(14)24(3)16(26)11-25-13-10-6-7-12(13)17(22-25)18(19,20)21/h4-5,8-9H,6-7,10-11H2,1-3H3. The van der Waals surface area contributed by atoms with Gasteiger partial charge >= 0.3 is 6.18 Å². The molecule has 0 N–H and O–H groups in total. The molecule has 1 aliphatic rings. The molecule has 1 heterocycles. The van der Waals surface area contributed by atoms with Crippen molar-refractivity contribution in [3.63, 3.8) is 0 Å². The van der Waals surface area contributed by atoms with Gasteiger partial charge in [-0.15, -0.1) is 0 Å². The molecule has 0 spiro atoms. The van der Waals surface area contributed by atoms with Crippen LogP contribution in [0.3, 0.4) is 0 Å². The number of benzene rings is 1. The van der Waals surface area contributed by atoms with Crippen molar-refractivity contribution in [3.8, 4) is 0 Å². The number of amides is 1.